The van der Waals surface area contributed by atoms with E-state index in [-0.39, 0.29) is 0 Å². The van der Waals surface area contributed by atoms with Crippen molar-refractivity contribution in [2.75, 3.05) is 39.4 Å². The van der Waals surface area contributed by atoms with Crippen LogP contribution in [0.2, 0.25) is 0 Å². The monoisotopic (exact) mass is 294 g/mol. The summed E-state index contributed by atoms with van der Waals surface area (Å²) in [4.78, 5) is 2.77. The normalized spacial score (nSPS) is 32.7. The van der Waals surface area contributed by atoms with Crippen LogP contribution in [0.5, 0.6) is 0 Å². The summed E-state index contributed by atoms with van der Waals surface area (Å²) in [6.07, 6.45) is 11.1. The number of rotatable bonds is 3. The van der Waals surface area contributed by atoms with Crippen LogP contribution in [0.25, 0.3) is 0 Å². The molecule has 1 atom stereocenters. The van der Waals surface area contributed by atoms with Gasteiger partial charge in [-0.3, -0.25) is 0 Å². The molecular formula is C18H34N2O. The average Bonchev–Trinajstić information content (AvgIpc) is 2.74. The van der Waals surface area contributed by atoms with Crippen molar-refractivity contribution in [3.8, 4) is 0 Å². The minimum Gasteiger partial charge on any atom is -0.381 e. The Morgan fingerprint density at radius 1 is 1.10 bits per heavy atom. The zero-order valence-electron chi connectivity index (χ0n) is 13.9. The molecule has 3 fully saturated rings. The maximum absolute atomic E-state index is 5.56. The van der Waals surface area contributed by atoms with Crippen molar-refractivity contribution >= 4 is 0 Å². The molecule has 1 unspecified atom stereocenters. The molecule has 3 nitrogen and oxygen atoms in total. The van der Waals surface area contributed by atoms with Crippen molar-refractivity contribution in [2.24, 2.45) is 11.3 Å². The van der Waals surface area contributed by atoms with Gasteiger partial charge in [0.25, 0.3) is 0 Å². The van der Waals surface area contributed by atoms with Gasteiger partial charge in [-0.2, -0.15) is 0 Å². The predicted molar refractivity (Wildman–Crippen MR) is 87.6 cm³/mol. The van der Waals surface area contributed by atoms with Gasteiger partial charge in [-0.15, -0.1) is 0 Å². The summed E-state index contributed by atoms with van der Waals surface area (Å²) >= 11 is 0. The Kier molecular flexibility index (Phi) is 5.58. The third kappa shape index (κ3) is 4.43. The quantitative estimate of drug-likeness (QED) is 0.866. The van der Waals surface area contributed by atoms with Crippen molar-refractivity contribution in [1.82, 2.24) is 10.2 Å². The Morgan fingerprint density at radius 3 is 2.62 bits per heavy atom. The topological polar surface area (TPSA) is 24.5 Å². The van der Waals surface area contributed by atoms with Crippen LogP contribution in [0.15, 0.2) is 0 Å². The molecule has 1 saturated carbocycles. The van der Waals surface area contributed by atoms with E-state index < -0.39 is 0 Å². The molecule has 3 heteroatoms. The van der Waals surface area contributed by atoms with Crippen LogP contribution in [0.3, 0.4) is 0 Å². The van der Waals surface area contributed by atoms with Gasteiger partial charge < -0.3 is 15.0 Å². The summed E-state index contributed by atoms with van der Waals surface area (Å²) in [5.74, 6) is 0.932. The van der Waals surface area contributed by atoms with Crippen LogP contribution in [-0.2, 0) is 4.74 Å². The molecule has 0 radical (unpaired) electrons. The lowest BCUT2D eigenvalue weighted by Crippen LogP contribution is -2.47. The summed E-state index contributed by atoms with van der Waals surface area (Å²) in [5, 5.41) is 3.86. The lowest BCUT2D eigenvalue weighted by atomic mass is 9.81. The molecule has 2 saturated heterocycles. The van der Waals surface area contributed by atoms with Crippen LogP contribution < -0.4 is 5.32 Å². The van der Waals surface area contributed by atoms with E-state index in [0.717, 1.165) is 25.2 Å². The van der Waals surface area contributed by atoms with Gasteiger partial charge in [-0.05, 0) is 56.5 Å². The van der Waals surface area contributed by atoms with Crippen LogP contribution in [0, 0.1) is 11.3 Å². The van der Waals surface area contributed by atoms with E-state index in [1.54, 1.807) is 0 Å². The van der Waals surface area contributed by atoms with Gasteiger partial charge in [0.15, 0.2) is 0 Å². The summed E-state index contributed by atoms with van der Waals surface area (Å²) < 4.78 is 5.56. The van der Waals surface area contributed by atoms with Crippen molar-refractivity contribution in [1.29, 1.82) is 0 Å². The molecule has 2 aliphatic heterocycles. The zero-order chi connectivity index (χ0) is 14.5. The van der Waals surface area contributed by atoms with Gasteiger partial charge >= 0.3 is 0 Å². The van der Waals surface area contributed by atoms with E-state index in [1.807, 2.05) is 0 Å². The molecule has 0 aromatic carbocycles. The molecule has 0 bridgehead atoms. The third-order valence-corrected chi connectivity index (χ3v) is 6.04. The molecule has 21 heavy (non-hydrogen) atoms. The second-order valence-corrected chi connectivity index (χ2v) is 7.97. The number of hydrogen-bond donors (Lipinski definition) is 1. The summed E-state index contributed by atoms with van der Waals surface area (Å²) in [5.41, 5.74) is 0.486. The first-order chi connectivity index (χ1) is 10.3. The Hall–Kier alpha value is -0.120. The molecule has 0 spiro atoms. The van der Waals surface area contributed by atoms with E-state index in [2.05, 4.69) is 17.1 Å². The van der Waals surface area contributed by atoms with Crippen LogP contribution in [0.4, 0.5) is 0 Å². The molecule has 122 valence electrons. The van der Waals surface area contributed by atoms with Gasteiger partial charge in [-0.25, -0.2) is 0 Å². The predicted octanol–water partition coefficient (Wildman–Crippen LogP) is 3.05. The Balaban J connectivity index is 1.56. The lowest BCUT2D eigenvalue weighted by Gasteiger charge is -2.40. The van der Waals surface area contributed by atoms with E-state index in [9.17, 15) is 0 Å². The molecule has 3 aliphatic rings. The van der Waals surface area contributed by atoms with Crippen LogP contribution >= 0.6 is 0 Å². The molecule has 1 N–H and O–H groups in total. The van der Waals surface area contributed by atoms with Crippen LogP contribution in [0.1, 0.15) is 58.3 Å². The molecule has 0 amide bonds. The summed E-state index contributed by atoms with van der Waals surface area (Å²) in [6, 6.07) is 0.747. The SMILES string of the molecule is CC1(CN2CCCNC(C3CCCCC3)C2)CCOCC1. The van der Waals surface area contributed by atoms with Gasteiger partial charge in [0.05, 0.1) is 0 Å². The zero-order valence-corrected chi connectivity index (χ0v) is 13.9. The first-order valence-corrected chi connectivity index (χ1v) is 9.29. The van der Waals surface area contributed by atoms with Crippen molar-refractivity contribution in [3.05, 3.63) is 0 Å². The highest BCUT2D eigenvalue weighted by molar-refractivity contribution is 4.88. The minimum atomic E-state index is 0.486. The highest BCUT2D eigenvalue weighted by Crippen LogP contribution is 2.32. The molecule has 2 heterocycles. The Labute approximate surface area is 130 Å². The number of nitrogens with zero attached hydrogens (tertiary/aromatic N) is 1. The van der Waals surface area contributed by atoms with Crippen molar-refractivity contribution in [3.63, 3.8) is 0 Å². The molecule has 0 aromatic heterocycles. The Morgan fingerprint density at radius 2 is 1.86 bits per heavy atom. The number of ether oxygens (including phenoxy) is 1. The fourth-order valence-corrected chi connectivity index (χ4v) is 4.58. The summed E-state index contributed by atoms with van der Waals surface area (Å²) in [7, 11) is 0. The van der Waals surface area contributed by atoms with Gasteiger partial charge in [0.2, 0.25) is 0 Å². The standard InChI is InChI=1S/C18H34N2O/c1-18(8-12-21-13-9-18)15-20-11-5-10-19-17(14-20)16-6-3-2-4-7-16/h16-17,19H,2-15H2,1H3. The van der Waals surface area contributed by atoms with E-state index in [1.165, 1.54) is 77.5 Å². The Bertz CT molecular complexity index is 308. The maximum atomic E-state index is 5.56. The molecular weight excluding hydrogens is 260 g/mol. The molecule has 1 aliphatic carbocycles. The van der Waals surface area contributed by atoms with E-state index in [0.29, 0.717) is 5.41 Å². The lowest BCUT2D eigenvalue weighted by molar-refractivity contribution is 0.00373. The fourth-order valence-electron chi connectivity index (χ4n) is 4.58. The summed E-state index contributed by atoms with van der Waals surface area (Å²) in [6.45, 7) is 9.47. The average molecular weight is 294 g/mol. The van der Waals surface area contributed by atoms with Crippen molar-refractivity contribution < 1.29 is 4.74 Å². The fraction of sp³-hybridized carbons (Fsp3) is 1.00. The van der Waals surface area contributed by atoms with Gasteiger partial charge in [-0.1, -0.05) is 26.2 Å². The van der Waals surface area contributed by atoms with Crippen molar-refractivity contribution in [2.45, 2.75) is 64.3 Å². The first kappa shape index (κ1) is 15.8. The largest absolute Gasteiger partial charge is 0.381 e. The smallest absolute Gasteiger partial charge is 0.0471 e. The van der Waals surface area contributed by atoms with Crippen LogP contribution in [-0.4, -0.2) is 50.3 Å². The third-order valence-electron chi connectivity index (χ3n) is 6.04. The van der Waals surface area contributed by atoms with E-state index in [4.69, 9.17) is 4.74 Å². The number of hydrogen-bond acceptors (Lipinski definition) is 3. The molecule has 3 rings (SSSR count). The van der Waals surface area contributed by atoms with Gasteiger partial charge in [0, 0.05) is 32.3 Å². The first-order valence-electron chi connectivity index (χ1n) is 9.29. The number of nitrogens with one attached hydrogen (secondary N) is 1. The van der Waals surface area contributed by atoms with Gasteiger partial charge in [0.1, 0.15) is 0 Å². The second-order valence-electron chi connectivity index (χ2n) is 7.97. The highest BCUT2D eigenvalue weighted by Gasteiger charge is 2.32. The molecule has 0 aromatic rings. The minimum absolute atomic E-state index is 0.486. The maximum Gasteiger partial charge on any atom is 0.0471 e. The second kappa shape index (κ2) is 7.43. The van der Waals surface area contributed by atoms with E-state index >= 15 is 0 Å². The highest BCUT2D eigenvalue weighted by atomic mass is 16.5.